The van der Waals surface area contributed by atoms with E-state index in [0.717, 1.165) is 161 Å². The van der Waals surface area contributed by atoms with Crippen molar-refractivity contribution in [3.8, 4) is 101 Å². The number of aromatic nitrogens is 4. The number of benzene rings is 18. The molecule has 0 amide bonds. The molecule has 24 aromatic rings. The van der Waals surface area contributed by atoms with E-state index in [1.54, 1.807) is 0 Å². The Morgan fingerprint density at radius 2 is 0.518 bits per heavy atom. The van der Waals surface area contributed by atoms with Gasteiger partial charge in [-0.25, -0.2) is 0 Å². The molecule has 530 valence electrons. The van der Waals surface area contributed by atoms with Crippen molar-refractivity contribution in [1.29, 1.82) is 0 Å². The van der Waals surface area contributed by atoms with Crippen LogP contribution in [0.25, 0.3) is 232 Å². The van der Waals surface area contributed by atoms with Gasteiger partial charge in [-0.2, -0.15) is 0 Å². The van der Waals surface area contributed by atoms with Gasteiger partial charge in [-0.1, -0.05) is 285 Å². The Morgan fingerprint density at radius 1 is 0.158 bits per heavy atom. The summed E-state index contributed by atoms with van der Waals surface area (Å²) in [4.78, 5) is 0. The third kappa shape index (κ3) is 9.55. The highest BCUT2D eigenvalue weighted by atomic mass is 16.3. The molecular formula is C108H66N4O2. The normalized spacial score (nSPS) is 12.0. The van der Waals surface area contributed by atoms with E-state index in [1.807, 2.05) is 0 Å². The van der Waals surface area contributed by atoms with Gasteiger partial charge in [-0.05, 0) is 193 Å². The molecule has 0 unspecified atom stereocenters. The molecule has 0 saturated carbocycles. The van der Waals surface area contributed by atoms with Gasteiger partial charge in [-0.3, -0.25) is 0 Å². The number of furan rings is 2. The molecule has 0 aliphatic carbocycles. The van der Waals surface area contributed by atoms with Crippen LogP contribution in [0.4, 0.5) is 0 Å². The van der Waals surface area contributed by atoms with Gasteiger partial charge in [0.25, 0.3) is 0 Å². The van der Waals surface area contributed by atoms with Gasteiger partial charge in [0.1, 0.15) is 11.2 Å². The Labute approximate surface area is 655 Å². The molecule has 18 aromatic carbocycles. The highest BCUT2D eigenvalue weighted by Crippen LogP contribution is 2.51. The summed E-state index contributed by atoms with van der Waals surface area (Å²) in [6, 6.07) is 146. The number of hydrogen-bond acceptors (Lipinski definition) is 2. The molecule has 0 atom stereocenters. The predicted molar refractivity (Wildman–Crippen MR) is 476 cm³/mol. The Balaban J connectivity index is 0.671. The Morgan fingerprint density at radius 3 is 1.07 bits per heavy atom. The standard InChI is InChI=1S/C108H66N4O2/c1-5-27-67(28-6-1)75-35-13-15-37-79(75)83-56-60-98(107-105(83)87-42-20-24-50-101(87)113-107)111-93-47-23-19-41-86(93)104-78(44-26-49-97(104)111)72-51-55-82-88-63-69(52-58-95(88)110(100(82)66-72)74-33-11-4-12-34-74)70-54-62-102-90(64-70)106-84(80-38-16-14-36-76(80)68-29-7-2-8-30-68)57-61-99(108(106)114-102)112-92-46-22-18-40-85(92)103-77(43-25-48-96(103)112)71-53-59-94-89(65-71)81-39-17-21-45-91(81)109(94)73-31-9-3-10-32-73/h1-66H. The number of hydrogen-bond donors (Lipinski definition) is 0. The molecule has 6 nitrogen and oxygen atoms in total. The Bertz CT molecular complexity index is 8090. The van der Waals surface area contributed by atoms with Crippen molar-refractivity contribution in [2.75, 3.05) is 0 Å². The first-order valence-corrected chi connectivity index (χ1v) is 39.1. The highest BCUT2D eigenvalue weighted by Gasteiger charge is 2.28. The summed E-state index contributed by atoms with van der Waals surface area (Å²) in [7, 11) is 0. The minimum atomic E-state index is 0.818. The van der Waals surface area contributed by atoms with Gasteiger partial charge in [0.05, 0.1) is 55.5 Å². The van der Waals surface area contributed by atoms with Crippen molar-refractivity contribution in [3.63, 3.8) is 0 Å². The molecular weight excluding hydrogens is 1390 g/mol. The quantitative estimate of drug-likeness (QED) is 0.130. The minimum absolute atomic E-state index is 0.818. The third-order valence-corrected chi connectivity index (χ3v) is 24.0. The second-order valence-corrected chi connectivity index (χ2v) is 30.1. The average Bonchev–Trinajstić information content (AvgIpc) is 1.55. The van der Waals surface area contributed by atoms with E-state index >= 15 is 0 Å². The summed E-state index contributed by atoms with van der Waals surface area (Å²) in [6.45, 7) is 0. The van der Waals surface area contributed by atoms with Crippen LogP contribution in [0.15, 0.2) is 409 Å². The van der Waals surface area contributed by atoms with Crippen molar-refractivity contribution >= 4 is 131 Å². The predicted octanol–water partition coefficient (Wildman–Crippen LogP) is 29.5. The maximum atomic E-state index is 7.48. The summed E-state index contributed by atoms with van der Waals surface area (Å²) < 4.78 is 24.3. The lowest BCUT2D eigenvalue weighted by Crippen LogP contribution is -1.96. The molecule has 0 radical (unpaired) electrons. The second kappa shape index (κ2) is 25.2. The number of nitrogens with zero attached hydrogens (tertiary/aromatic N) is 4. The molecule has 0 saturated heterocycles. The molecule has 24 rings (SSSR count). The lowest BCUT2D eigenvalue weighted by molar-refractivity contribution is 0.666. The van der Waals surface area contributed by atoms with Crippen LogP contribution in [0.3, 0.4) is 0 Å². The van der Waals surface area contributed by atoms with Crippen LogP contribution >= 0.6 is 0 Å². The summed E-state index contributed by atoms with van der Waals surface area (Å²) >= 11 is 0. The van der Waals surface area contributed by atoms with Crippen LogP contribution in [-0.4, -0.2) is 18.3 Å². The fourth-order valence-electron chi connectivity index (χ4n) is 19.1. The zero-order valence-electron chi connectivity index (χ0n) is 61.7. The van der Waals surface area contributed by atoms with Crippen LogP contribution in [0.1, 0.15) is 0 Å². The monoisotopic (exact) mass is 1450 g/mol. The van der Waals surface area contributed by atoms with Gasteiger partial charge in [0, 0.05) is 76.0 Å². The number of fused-ring (bicyclic) bond motifs is 18. The van der Waals surface area contributed by atoms with Crippen molar-refractivity contribution < 1.29 is 8.83 Å². The van der Waals surface area contributed by atoms with E-state index in [0.29, 0.717) is 0 Å². The molecule has 6 heteroatoms. The number of para-hydroxylation sites is 6. The van der Waals surface area contributed by atoms with Crippen molar-refractivity contribution in [3.05, 3.63) is 400 Å². The van der Waals surface area contributed by atoms with E-state index in [4.69, 9.17) is 8.83 Å². The molecule has 6 heterocycles. The maximum Gasteiger partial charge on any atom is 0.160 e. The molecule has 0 bridgehead atoms. The molecule has 0 N–H and O–H groups in total. The van der Waals surface area contributed by atoms with Crippen molar-refractivity contribution in [2.24, 2.45) is 0 Å². The largest absolute Gasteiger partial charge is 0.454 e. The maximum absolute atomic E-state index is 7.48. The summed E-state index contributed by atoms with van der Waals surface area (Å²) in [5, 5.41) is 13.8. The Kier molecular flexibility index (Phi) is 14.0. The first-order chi connectivity index (χ1) is 56.6. The molecule has 0 fully saturated rings. The molecule has 0 aliphatic heterocycles. The van der Waals surface area contributed by atoms with Gasteiger partial charge >= 0.3 is 0 Å². The zero-order valence-corrected chi connectivity index (χ0v) is 61.7. The van der Waals surface area contributed by atoms with E-state index in [9.17, 15) is 0 Å². The first-order valence-electron chi connectivity index (χ1n) is 39.1. The highest BCUT2D eigenvalue weighted by molar-refractivity contribution is 6.24. The summed E-state index contributed by atoms with van der Waals surface area (Å²) in [5.74, 6) is 0. The van der Waals surface area contributed by atoms with Crippen LogP contribution in [0.2, 0.25) is 0 Å². The number of rotatable bonds is 11. The smallest absolute Gasteiger partial charge is 0.160 e. The first kappa shape index (κ1) is 63.7. The van der Waals surface area contributed by atoms with Gasteiger partial charge in [0.15, 0.2) is 11.2 Å². The SMILES string of the molecule is c1ccc(-c2ccccc2-c2ccc(-n3c4ccccc4c4c(-c5ccc6c7cc(-c8ccc9oc%10c(-n%11c%12ccccc%12c%12c(-c%13ccc%14c(c%13)c%13ccccc%13n%14-c%13ccccc%13)cccc%12%11)ccc(-c%11ccccc%11-c%11ccccc%11)c%10c9c8)ccc7n(-c7ccccc7)c6c5)cccc43)c3oc4ccccc4c23)cc1. The lowest BCUT2D eigenvalue weighted by Gasteiger charge is -2.15. The molecule has 0 aliphatic rings. The van der Waals surface area contributed by atoms with Gasteiger partial charge in [0.2, 0.25) is 0 Å². The van der Waals surface area contributed by atoms with E-state index in [1.165, 1.54) is 70.8 Å². The molecule has 6 aromatic heterocycles. The van der Waals surface area contributed by atoms with E-state index < -0.39 is 0 Å². The molecule has 0 spiro atoms. The second-order valence-electron chi connectivity index (χ2n) is 30.1. The van der Waals surface area contributed by atoms with Gasteiger partial charge in [-0.15, -0.1) is 0 Å². The molecule has 114 heavy (non-hydrogen) atoms. The average molecular weight is 1450 g/mol. The fraction of sp³-hybridized carbons (Fsp3) is 0. The summed E-state index contributed by atoms with van der Waals surface area (Å²) in [5.41, 5.74) is 32.6. The summed E-state index contributed by atoms with van der Waals surface area (Å²) in [6.07, 6.45) is 0. The van der Waals surface area contributed by atoms with Crippen molar-refractivity contribution in [2.45, 2.75) is 0 Å². The van der Waals surface area contributed by atoms with Crippen LogP contribution < -0.4 is 0 Å². The minimum Gasteiger partial charge on any atom is -0.454 e. The van der Waals surface area contributed by atoms with Crippen LogP contribution in [0, 0.1) is 0 Å². The lowest BCUT2D eigenvalue weighted by atomic mass is 9.91. The Hall–Kier alpha value is -15.2. The topological polar surface area (TPSA) is 46.0 Å². The zero-order chi connectivity index (χ0) is 74.6. The van der Waals surface area contributed by atoms with E-state index in [2.05, 4.69) is 419 Å². The van der Waals surface area contributed by atoms with Crippen molar-refractivity contribution in [1.82, 2.24) is 18.3 Å². The van der Waals surface area contributed by atoms with Crippen LogP contribution in [0.5, 0.6) is 0 Å². The van der Waals surface area contributed by atoms with Crippen LogP contribution in [-0.2, 0) is 0 Å². The van der Waals surface area contributed by atoms with Gasteiger partial charge < -0.3 is 27.1 Å². The fourth-order valence-corrected chi connectivity index (χ4v) is 19.1. The van der Waals surface area contributed by atoms with E-state index in [-0.39, 0.29) is 0 Å². The third-order valence-electron chi connectivity index (χ3n) is 24.0.